The highest BCUT2D eigenvalue weighted by atomic mass is 35.5. The highest BCUT2D eigenvalue weighted by molar-refractivity contribution is 6.31. The lowest BCUT2D eigenvalue weighted by Gasteiger charge is -2.10. The summed E-state index contributed by atoms with van der Waals surface area (Å²) in [7, 11) is 0. The van der Waals surface area contributed by atoms with Crippen molar-refractivity contribution in [2.45, 2.75) is 19.0 Å². The molecule has 0 bridgehead atoms. The summed E-state index contributed by atoms with van der Waals surface area (Å²) in [5.41, 5.74) is 1.05. The molecule has 124 valence electrons. The molecule has 0 N–H and O–H groups in total. The maximum Gasteiger partial charge on any atom is 0.416 e. The third-order valence-electron chi connectivity index (χ3n) is 3.66. The van der Waals surface area contributed by atoms with Gasteiger partial charge in [-0.05, 0) is 29.8 Å². The van der Waals surface area contributed by atoms with E-state index in [-0.39, 0.29) is 23.6 Å². The summed E-state index contributed by atoms with van der Waals surface area (Å²) in [6.45, 7) is 0. The number of benzene rings is 1. The van der Waals surface area contributed by atoms with E-state index in [9.17, 15) is 18.0 Å². The average Bonchev–Trinajstić information content (AvgIpc) is 2.98. The van der Waals surface area contributed by atoms with Crippen LogP contribution in [0.4, 0.5) is 13.2 Å². The number of carbonyl (C=O) groups is 1. The molecular weight excluding hydrogens is 341 g/mol. The van der Waals surface area contributed by atoms with Gasteiger partial charge >= 0.3 is 6.18 Å². The van der Waals surface area contributed by atoms with Gasteiger partial charge in [0.05, 0.1) is 5.56 Å². The van der Waals surface area contributed by atoms with Crippen LogP contribution in [0.5, 0.6) is 0 Å². The quantitative estimate of drug-likeness (QED) is 0.699. The molecule has 0 saturated heterocycles. The number of hydrogen-bond acceptors (Lipinski definition) is 2. The number of alkyl halides is 3. The standard InChI is InChI=1S/C17H12ClF3N2O/c18-15-9-12(17(19,20)21)5-4-11(15)8-14(24)10-13-2-1-3-16-22-6-7-23(13)16/h1-7,9H,8,10H2. The van der Waals surface area contributed by atoms with Crippen LogP contribution >= 0.6 is 11.6 Å². The first-order valence-corrected chi connectivity index (χ1v) is 7.50. The van der Waals surface area contributed by atoms with E-state index in [2.05, 4.69) is 4.98 Å². The number of halogens is 4. The Balaban J connectivity index is 1.77. The third-order valence-corrected chi connectivity index (χ3v) is 4.01. The Hall–Kier alpha value is -2.34. The number of aromatic nitrogens is 2. The van der Waals surface area contributed by atoms with Gasteiger partial charge in [0.1, 0.15) is 11.4 Å². The number of fused-ring (bicyclic) bond motifs is 1. The number of hydrogen-bond donors (Lipinski definition) is 0. The van der Waals surface area contributed by atoms with E-state index < -0.39 is 11.7 Å². The number of pyridine rings is 1. The van der Waals surface area contributed by atoms with Crippen LogP contribution in [0.15, 0.2) is 48.8 Å². The molecule has 0 aliphatic heterocycles. The number of ketones is 1. The van der Waals surface area contributed by atoms with Crippen LogP contribution in [-0.4, -0.2) is 15.2 Å². The predicted molar refractivity (Wildman–Crippen MR) is 84.1 cm³/mol. The largest absolute Gasteiger partial charge is 0.416 e. The average molecular weight is 353 g/mol. The fraction of sp³-hybridized carbons (Fsp3) is 0.176. The van der Waals surface area contributed by atoms with Crippen LogP contribution in [-0.2, 0) is 23.8 Å². The summed E-state index contributed by atoms with van der Waals surface area (Å²) in [5.74, 6) is -0.141. The zero-order valence-corrected chi connectivity index (χ0v) is 13.1. The normalized spacial score (nSPS) is 11.8. The molecule has 3 aromatic rings. The van der Waals surface area contributed by atoms with Crippen LogP contribution in [0.1, 0.15) is 16.8 Å². The molecule has 3 nitrogen and oxygen atoms in total. The van der Waals surface area contributed by atoms with E-state index in [4.69, 9.17) is 11.6 Å². The number of rotatable bonds is 4. The third kappa shape index (κ3) is 3.43. The van der Waals surface area contributed by atoms with Crippen molar-refractivity contribution in [3.8, 4) is 0 Å². The number of imidazole rings is 1. The van der Waals surface area contributed by atoms with Gasteiger partial charge < -0.3 is 4.40 Å². The van der Waals surface area contributed by atoms with Gasteiger partial charge in [0.25, 0.3) is 0 Å². The van der Waals surface area contributed by atoms with Gasteiger partial charge in [-0.2, -0.15) is 13.2 Å². The smallest absolute Gasteiger partial charge is 0.304 e. The van der Waals surface area contributed by atoms with Gasteiger partial charge in [-0.25, -0.2) is 4.98 Å². The first-order chi connectivity index (χ1) is 11.3. The number of carbonyl (C=O) groups excluding carboxylic acids is 1. The second-order valence-corrected chi connectivity index (χ2v) is 5.78. The summed E-state index contributed by atoms with van der Waals surface area (Å²) in [6, 6.07) is 8.46. The predicted octanol–water partition coefficient (Wildman–Crippen LogP) is 4.36. The van der Waals surface area contributed by atoms with Crippen molar-refractivity contribution >= 4 is 23.0 Å². The lowest BCUT2D eigenvalue weighted by molar-refractivity contribution is -0.137. The van der Waals surface area contributed by atoms with Gasteiger partial charge in [0, 0.05) is 36.0 Å². The Kier molecular flexibility index (Phi) is 4.32. The molecule has 0 unspecified atom stereocenters. The minimum absolute atomic E-state index is 0.0257. The summed E-state index contributed by atoms with van der Waals surface area (Å²) in [6.07, 6.45) is -0.949. The molecule has 2 heterocycles. The molecule has 0 radical (unpaired) electrons. The first-order valence-electron chi connectivity index (χ1n) is 7.13. The van der Waals surface area contributed by atoms with Gasteiger partial charge in [-0.3, -0.25) is 4.79 Å². The zero-order valence-electron chi connectivity index (χ0n) is 12.3. The topological polar surface area (TPSA) is 34.4 Å². The first kappa shape index (κ1) is 16.5. The van der Waals surface area contributed by atoms with Crippen molar-refractivity contribution in [2.75, 3.05) is 0 Å². The molecule has 0 spiro atoms. The minimum Gasteiger partial charge on any atom is -0.304 e. The molecular formula is C17H12ClF3N2O. The minimum atomic E-state index is -4.46. The monoisotopic (exact) mass is 352 g/mol. The van der Waals surface area contributed by atoms with Crippen LogP contribution in [0.25, 0.3) is 5.65 Å². The molecule has 0 fully saturated rings. The molecule has 2 aromatic heterocycles. The van der Waals surface area contributed by atoms with Gasteiger partial charge in [0.15, 0.2) is 0 Å². The fourth-order valence-electron chi connectivity index (χ4n) is 2.49. The summed E-state index contributed by atoms with van der Waals surface area (Å²) in [4.78, 5) is 16.4. The molecule has 3 rings (SSSR count). The summed E-state index contributed by atoms with van der Waals surface area (Å²) in [5, 5.41) is -0.0565. The van der Waals surface area contributed by atoms with Crippen LogP contribution in [0, 0.1) is 0 Å². The Morgan fingerprint density at radius 3 is 2.67 bits per heavy atom. The molecule has 7 heteroatoms. The second kappa shape index (κ2) is 6.28. The highest BCUT2D eigenvalue weighted by Crippen LogP contribution is 2.32. The van der Waals surface area contributed by atoms with Crippen molar-refractivity contribution in [3.63, 3.8) is 0 Å². The maximum atomic E-state index is 12.6. The molecule has 0 aliphatic rings. The second-order valence-electron chi connectivity index (χ2n) is 5.37. The van der Waals surface area contributed by atoms with Crippen molar-refractivity contribution in [1.82, 2.24) is 9.38 Å². The Labute approximate surface area is 140 Å². The van der Waals surface area contributed by atoms with E-state index in [1.807, 2.05) is 6.07 Å². The Morgan fingerprint density at radius 1 is 1.17 bits per heavy atom. The number of Topliss-reactive ketones (excluding diaryl/α,β-unsaturated/α-hetero) is 1. The summed E-state index contributed by atoms with van der Waals surface area (Å²) >= 11 is 5.89. The summed E-state index contributed by atoms with van der Waals surface area (Å²) < 4.78 is 39.7. The molecule has 1 aromatic carbocycles. The van der Waals surface area contributed by atoms with Crippen LogP contribution in [0.3, 0.4) is 0 Å². The van der Waals surface area contributed by atoms with E-state index in [1.54, 1.807) is 28.9 Å². The molecule has 0 aliphatic carbocycles. The maximum absolute atomic E-state index is 12.6. The molecule has 24 heavy (non-hydrogen) atoms. The zero-order chi connectivity index (χ0) is 17.3. The van der Waals surface area contributed by atoms with E-state index >= 15 is 0 Å². The Morgan fingerprint density at radius 2 is 1.96 bits per heavy atom. The van der Waals surface area contributed by atoms with Crippen LogP contribution < -0.4 is 0 Å². The fourth-order valence-corrected chi connectivity index (χ4v) is 2.74. The van der Waals surface area contributed by atoms with Crippen molar-refractivity contribution < 1.29 is 18.0 Å². The SMILES string of the molecule is O=C(Cc1ccc(C(F)(F)F)cc1Cl)Cc1cccc2nccn12. The molecule has 0 saturated carbocycles. The lowest BCUT2D eigenvalue weighted by Crippen LogP contribution is -2.11. The van der Waals surface area contributed by atoms with E-state index in [0.29, 0.717) is 5.56 Å². The van der Waals surface area contributed by atoms with Crippen molar-refractivity contribution in [2.24, 2.45) is 0 Å². The van der Waals surface area contributed by atoms with Gasteiger partial charge in [-0.1, -0.05) is 23.7 Å². The molecule has 0 amide bonds. The van der Waals surface area contributed by atoms with E-state index in [1.165, 1.54) is 6.07 Å². The van der Waals surface area contributed by atoms with Gasteiger partial charge in [-0.15, -0.1) is 0 Å². The van der Waals surface area contributed by atoms with Crippen molar-refractivity contribution in [3.05, 3.63) is 70.6 Å². The molecule has 0 atom stereocenters. The number of nitrogens with zero attached hydrogens (tertiary/aromatic N) is 2. The van der Waals surface area contributed by atoms with Gasteiger partial charge in [0.2, 0.25) is 0 Å². The Bertz CT molecular complexity index is 902. The highest BCUT2D eigenvalue weighted by Gasteiger charge is 2.30. The van der Waals surface area contributed by atoms with Crippen molar-refractivity contribution in [1.29, 1.82) is 0 Å². The lowest BCUT2D eigenvalue weighted by atomic mass is 10.0. The van der Waals surface area contributed by atoms with E-state index in [0.717, 1.165) is 23.5 Å². The van der Waals surface area contributed by atoms with Crippen LogP contribution in [0.2, 0.25) is 5.02 Å².